The van der Waals surface area contributed by atoms with Crippen LogP contribution in [0.2, 0.25) is 0 Å². The third-order valence-electron chi connectivity index (χ3n) is 5.34. The molecule has 2 heterocycles. The van der Waals surface area contributed by atoms with Gasteiger partial charge in [-0.3, -0.25) is 9.78 Å². The zero-order valence-corrected chi connectivity index (χ0v) is 16.5. The maximum Gasteiger partial charge on any atom is 0.228 e. The Bertz CT molecular complexity index is 839. The number of carbonyl (C=O) groups excluding carboxylic acids is 1. The maximum absolute atomic E-state index is 13.0. The van der Waals surface area contributed by atoms with Crippen LogP contribution in [0, 0.1) is 6.92 Å². The summed E-state index contributed by atoms with van der Waals surface area (Å²) in [6, 6.07) is 8.38. The first-order valence-corrected chi connectivity index (χ1v) is 9.37. The van der Waals surface area contributed by atoms with Gasteiger partial charge in [0.1, 0.15) is 0 Å². The second-order valence-electron chi connectivity index (χ2n) is 8.06. The monoisotopic (exact) mass is 351 g/mol. The number of hydrogen-bond acceptors (Lipinski definition) is 3. The number of aromatic nitrogens is 1. The third-order valence-corrected chi connectivity index (χ3v) is 5.34. The van der Waals surface area contributed by atoms with Crippen LogP contribution in [-0.4, -0.2) is 10.9 Å². The van der Waals surface area contributed by atoms with Crippen molar-refractivity contribution in [2.45, 2.75) is 65.5 Å². The molecule has 1 aromatic carbocycles. The van der Waals surface area contributed by atoms with Crippen LogP contribution in [0.15, 0.2) is 30.5 Å². The summed E-state index contributed by atoms with van der Waals surface area (Å²) in [5.74, 6) is 0.164. The van der Waals surface area contributed by atoms with E-state index in [0.29, 0.717) is 13.0 Å². The number of hydrogen-bond donors (Lipinski definition) is 1. The number of nitrogens with zero attached hydrogens (tertiary/aromatic N) is 2. The summed E-state index contributed by atoms with van der Waals surface area (Å²) in [5, 5.41) is 0. The first-order valence-electron chi connectivity index (χ1n) is 9.37. The highest BCUT2D eigenvalue weighted by molar-refractivity contribution is 5.98. The van der Waals surface area contributed by atoms with Crippen molar-refractivity contribution in [1.29, 1.82) is 0 Å². The van der Waals surface area contributed by atoms with Crippen LogP contribution in [0.5, 0.6) is 0 Å². The first-order chi connectivity index (χ1) is 12.2. The Morgan fingerprint density at radius 3 is 2.65 bits per heavy atom. The summed E-state index contributed by atoms with van der Waals surface area (Å²) in [5.41, 5.74) is 12.8. The summed E-state index contributed by atoms with van der Waals surface area (Å²) in [6.45, 7) is 11.0. The molecule has 0 aliphatic carbocycles. The predicted molar refractivity (Wildman–Crippen MR) is 106 cm³/mol. The lowest BCUT2D eigenvalue weighted by atomic mass is 9.75. The average Bonchev–Trinajstić information content (AvgIpc) is 2.57. The molecular weight excluding hydrogens is 322 g/mol. The lowest BCUT2D eigenvalue weighted by Gasteiger charge is -2.40. The zero-order chi connectivity index (χ0) is 19.1. The van der Waals surface area contributed by atoms with Crippen molar-refractivity contribution in [2.75, 3.05) is 4.90 Å². The number of nitrogens with two attached hydrogens (primary N) is 1. The highest BCUT2D eigenvalue weighted by Crippen LogP contribution is 2.43. The number of pyridine rings is 1. The molecule has 1 aliphatic heterocycles. The molecule has 1 atom stereocenters. The van der Waals surface area contributed by atoms with Crippen molar-refractivity contribution in [2.24, 2.45) is 5.73 Å². The molecule has 138 valence electrons. The molecule has 0 radical (unpaired) electrons. The van der Waals surface area contributed by atoms with Gasteiger partial charge in [0.15, 0.2) is 0 Å². The van der Waals surface area contributed by atoms with Crippen molar-refractivity contribution >= 4 is 11.6 Å². The highest BCUT2D eigenvalue weighted by atomic mass is 16.2. The van der Waals surface area contributed by atoms with Gasteiger partial charge in [0.2, 0.25) is 5.91 Å². The zero-order valence-electron chi connectivity index (χ0n) is 16.5. The number of aryl methyl sites for hydroxylation is 2. The Kier molecular flexibility index (Phi) is 4.89. The molecule has 1 aromatic heterocycles. The van der Waals surface area contributed by atoms with Crippen LogP contribution in [0.25, 0.3) is 0 Å². The first kappa shape index (κ1) is 18.6. The van der Waals surface area contributed by atoms with E-state index < -0.39 is 0 Å². The van der Waals surface area contributed by atoms with Gasteiger partial charge < -0.3 is 10.6 Å². The highest BCUT2D eigenvalue weighted by Gasteiger charge is 2.37. The third kappa shape index (κ3) is 3.38. The molecule has 0 saturated heterocycles. The smallest absolute Gasteiger partial charge is 0.228 e. The summed E-state index contributed by atoms with van der Waals surface area (Å²) in [7, 11) is 0. The Balaban J connectivity index is 2.13. The minimum Gasteiger partial charge on any atom is -0.324 e. The number of rotatable bonds is 4. The van der Waals surface area contributed by atoms with Crippen molar-refractivity contribution in [1.82, 2.24) is 4.98 Å². The van der Waals surface area contributed by atoms with E-state index in [1.54, 1.807) is 6.20 Å². The number of anilines is 1. The van der Waals surface area contributed by atoms with Crippen LogP contribution in [-0.2, 0) is 23.2 Å². The van der Waals surface area contributed by atoms with E-state index in [-0.39, 0.29) is 17.4 Å². The average molecular weight is 351 g/mol. The van der Waals surface area contributed by atoms with Gasteiger partial charge in [-0.2, -0.15) is 0 Å². The summed E-state index contributed by atoms with van der Waals surface area (Å²) in [4.78, 5) is 19.2. The molecule has 2 N–H and O–H groups in total. The van der Waals surface area contributed by atoms with Crippen LogP contribution in [0.4, 0.5) is 5.69 Å². The van der Waals surface area contributed by atoms with Crippen LogP contribution in [0.1, 0.15) is 68.1 Å². The molecule has 4 heteroatoms. The number of fused-ring (bicyclic) bond motifs is 1. The van der Waals surface area contributed by atoms with Gasteiger partial charge in [-0.1, -0.05) is 26.8 Å². The van der Waals surface area contributed by atoms with E-state index in [1.165, 1.54) is 11.1 Å². The van der Waals surface area contributed by atoms with E-state index in [0.717, 1.165) is 28.9 Å². The van der Waals surface area contributed by atoms with Gasteiger partial charge >= 0.3 is 0 Å². The lowest BCUT2D eigenvalue weighted by molar-refractivity contribution is -0.120. The molecule has 2 aromatic rings. The molecule has 3 rings (SSSR count). The Morgan fingerprint density at radius 2 is 2.04 bits per heavy atom. The van der Waals surface area contributed by atoms with Crippen LogP contribution < -0.4 is 10.6 Å². The molecule has 1 aliphatic rings. The van der Waals surface area contributed by atoms with Crippen LogP contribution >= 0.6 is 0 Å². The van der Waals surface area contributed by atoms with Crippen molar-refractivity contribution < 1.29 is 4.79 Å². The molecule has 0 bridgehead atoms. The minimum atomic E-state index is -0.169. The van der Waals surface area contributed by atoms with E-state index >= 15 is 0 Å². The van der Waals surface area contributed by atoms with Gasteiger partial charge in [0.05, 0.1) is 6.54 Å². The van der Waals surface area contributed by atoms with Gasteiger partial charge in [-0.05, 0) is 60.7 Å². The fraction of sp³-hybridized carbons (Fsp3) is 0.455. The molecule has 26 heavy (non-hydrogen) atoms. The fourth-order valence-electron chi connectivity index (χ4n) is 3.91. The number of benzene rings is 1. The Labute approximate surface area is 156 Å². The van der Waals surface area contributed by atoms with Gasteiger partial charge in [0, 0.05) is 35.5 Å². The lowest BCUT2D eigenvalue weighted by Crippen LogP contribution is -2.42. The summed E-state index contributed by atoms with van der Waals surface area (Å²) in [6.07, 6.45) is 3.26. The van der Waals surface area contributed by atoms with E-state index in [2.05, 4.69) is 37.9 Å². The quantitative estimate of drug-likeness (QED) is 0.898. The normalized spacial score (nSPS) is 17.2. The second-order valence-corrected chi connectivity index (χ2v) is 8.06. The van der Waals surface area contributed by atoms with E-state index in [4.69, 9.17) is 5.73 Å². The molecule has 0 fully saturated rings. The van der Waals surface area contributed by atoms with Crippen molar-refractivity contribution in [3.05, 3.63) is 58.4 Å². The van der Waals surface area contributed by atoms with Gasteiger partial charge in [-0.25, -0.2) is 0 Å². The SMILES string of the molecule is CCc1cc2c(cc1[C@@H](C)N)N(Cc1ccnc(C)c1)C(=O)CC2(C)C. The van der Waals surface area contributed by atoms with E-state index in [1.807, 2.05) is 30.9 Å². The van der Waals surface area contributed by atoms with Crippen LogP contribution in [0.3, 0.4) is 0 Å². The molecule has 1 amide bonds. The minimum absolute atomic E-state index is 0.0552. The molecule has 0 saturated carbocycles. The summed E-state index contributed by atoms with van der Waals surface area (Å²) < 4.78 is 0. The second kappa shape index (κ2) is 6.84. The molecule has 4 nitrogen and oxygen atoms in total. The topological polar surface area (TPSA) is 59.2 Å². The van der Waals surface area contributed by atoms with Gasteiger partial charge in [0.25, 0.3) is 0 Å². The van der Waals surface area contributed by atoms with Crippen molar-refractivity contribution in [3.8, 4) is 0 Å². The largest absolute Gasteiger partial charge is 0.324 e. The Morgan fingerprint density at radius 1 is 1.31 bits per heavy atom. The predicted octanol–water partition coefficient (Wildman–Crippen LogP) is 4.19. The van der Waals surface area contributed by atoms with E-state index in [9.17, 15) is 4.79 Å². The number of carbonyl (C=O) groups is 1. The molecular formula is C22H29N3O. The van der Waals surface area contributed by atoms with Crippen molar-refractivity contribution in [3.63, 3.8) is 0 Å². The Hall–Kier alpha value is -2.20. The molecule has 0 unspecified atom stereocenters. The maximum atomic E-state index is 13.0. The van der Waals surface area contributed by atoms with Gasteiger partial charge in [-0.15, -0.1) is 0 Å². The number of amides is 1. The fourth-order valence-corrected chi connectivity index (χ4v) is 3.91. The standard InChI is InChI=1S/C22H29N3O/c1-6-17-10-19-20(11-18(17)15(3)23)25(21(26)12-22(19,4)5)13-16-7-8-24-14(2)9-16/h7-11,15H,6,12-13,23H2,1-5H3/t15-/m1/s1. The molecule has 0 spiro atoms. The summed E-state index contributed by atoms with van der Waals surface area (Å²) >= 11 is 0.